The van der Waals surface area contributed by atoms with Crippen LogP contribution in [0.5, 0.6) is 0 Å². The summed E-state index contributed by atoms with van der Waals surface area (Å²) in [6.45, 7) is 2.61. The van der Waals surface area contributed by atoms with Gasteiger partial charge in [0.05, 0.1) is 36.0 Å². The van der Waals surface area contributed by atoms with Crippen LogP contribution < -0.4 is 15.5 Å². The Hall–Kier alpha value is -4.44. The Balaban J connectivity index is 1.32. The summed E-state index contributed by atoms with van der Waals surface area (Å²) in [5, 5.41) is 4.92. The molecule has 0 bridgehead atoms. The van der Waals surface area contributed by atoms with E-state index in [2.05, 4.69) is 25.5 Å². The number of anilines is 3. The minimum Gasteiger partial charge on any atom is -0.378 e. The van der Waals surface area contributed by atoms with Gasteiger partial charge in [-0.25, -0.2) is 18.6 Å². The van der Waals surface area contributed by atoms with Crippen molar-refractivity contribution in [2.45, 2.75) is 0 Å². The zero-order valence-electron chi connectivity index (χ0n) is 19.0. The second-order valence-corrected chi connectivity index (χ2v) is 8.14. The number of nitrogens with one attached hydrogen (secondary N) is 2. The minimum absolute atomic E-state index is 0.137. The average molecular weight is 489 g/mol. The molecular formula is C26H21F2N5O3. The number of halogens is 2. The topological polar surface area (TPSA) is 96.5 Å². The molecule has 0 atom stereocenters. The summed E-state index contributed by atoms with van der Waals surface area (Å²) in [5.74, 6) is -1.13. The number of carbonyl (C=O) groups is 2. The molecule has 2 heterocycles. The van der Waals surface area contributed by atoms with Crippen LogP contribution in [0.15, 0.2) is 66.9 Å². The molecule has 1 aromatic heterocycles. The van der Waals surface area contributed by atoms with Gasteiger partial charge >= 0.3 is 6.03 Å². The molecule has 0 spiro atoms. The molecule has 182 valence electrons. The van der Waals surface area contributed by atoms with Gasteiger partial charge in [0.1, 0.15) is 17.5 Å². The van der Waals surface area contributed by atoms with Gasteiger partial charge in [-0.1, -0.05) is 6.07 Å². The maximum atomic E-state index is 14.8. The molecule has 5 rings (SSSR count). The zero-order chi connectivity index (χ0) is 25.1. The number of rotatable bonds is 5. The van der Waals surface area contributed by atoms with Crippen LogP contribution in [0.4, 0.5) is 30.8 Å². The number of fused-ring (bicyclic) bond motifs is 1. The number of urea groups is 1. The second kappa shape index (κ2) is 10.0. The van der Waals surface area contributed by atoms with Crippen LogP contribution in [0.1, 0.15) is 15.9 Å². The molecule has 8 nitrogen and oxygen atoms in total. The monoisotopic (exact) mass is 489 g/mol. The number of morpholine rings is 1. The molecule has 2 amide bonds. The van der Waals surface area contributed by atoms with E-state index in [1.807, 2.05) is 0 Å². The number of hydrogen-bond donors (Lipinski definition) is 2. The Kier molecular flexibility index (Phi) is 6.50. The first-order valence-electron chi connectivity index (χ1n) is 11.2. The van der Waals surface area contributed by atoms with Gasteiger partial charge in [-0.2, -0.15) is 0 Å². The molecule has 1 fully saturated rings. The predicted octanol–water partition coefficient (Wildman–Crippen LogP) is 4.62. The summed E-state index contributed by atoms with van der Waals surface area (Å²) in [4.78, 5) is 36.3. The summed E-state index contributed by atoms with van der Waals surface area (Å²) in [6, 6.07) is 13.3. The van der Waals surface area contributed by atoms with Crippen molar-refractivity contribution in [3.8, 4) is 0 Å². The summed E-state index contributed by atoms with van der Waals surface area (Å²) in [5.41, 5.74) is 1.64. The summed E-state index contributed by atoms with van der Waals surface area (Å²) < 4.78 is 33.5. The molecule has 0 unspecified atom stereocenters. The van der Waals surface area contributed by atoms with Gasteiger partial charge in [-0.05, 0) is 54.6 Å². The molecule has 4 aromatic rings. The lowest BCUT2D eigenvalue weighted by Gasteiger charge is -2.27. The molecule has 1 saturated heterocycles. The number of ketones is 1. The predicted molar refractivity (Wildman–Crippen MR) is 131 cm³/mol. The fourth-order valence-electron chi connectivity index (χ4n) is 3.88. The highest BCUT2D eigenvalue weighted by atomic mass is 19.1. The van der Waals surface area contributed by atoms with Crippen molar-refractivity contribution in [3.05, 3.63) is 89.6 Å². The van der Waals surface area contributed by atoms with Crippen LogP contribution in [-0.2, 0) is 4.74 Å². The molecule has 3 aromatic carbocycles. The van der Waals surface area contributed by atoms with Crippen molar-refractivity contribution in [3.63, 3.8) is 0 Å². The number of aromatic nitrogens is 2. The fraction of sp³-hybridized carbons (Fsp3) is 0.154. The number of hydrogen-bond acceptors (Lipinski definition) is 6. The Morgan fingerprint density at radius 1 is 0.889 bits per heavy atom. The average Bonchev–Trinajstić information content (AvgIpc) is 2.88. The number of carbonyl (C=O) groups excluding carboxylic acids is 2. The van der Waals surface area contributed by atoms with Crippen LogP contribution in [0.25, 0.3) is 11.0 Å². The normalized spacial score (nSPS) is 13.4. The number of nitrogens with zero attached hydrogens (tertiary/aromatic N) is 3. The highest BCUT2D eigenvalue weighted by Gasteiger charge is 2.18. The van der Waals surface area contributed by atoms with Gasteiger partial charge in [0.2, 0.25) is 0 Å². The minimum atomic E-state index is -0.795. The quantitative estimate of drug-likeness (QED) is 0.397. The third-order valence-corrected chi connectivity index (χ3v) is 5.68. The van der Waals surface area contributed by atoms with Crippen molar-refractivity contribution in [1.29, 1.82) is 0 Å². The first kappa shape index (κ1) is 23.3. The first-order valence-corrected chi connectivity index (χ1v) is 11.2. The highest BCUT2D eigenvalue weighted by Crippen LogP contribution is 2.22. The molecule has 10 heteroatoms. The van der Waals surface area contributed by atoms with Gasteiger partial charge in [-0.3, -0.25) is 9.78 Å². The molecule has 1 aliphatic heterocycles. The van der Waals surface area contributed by atoms with Crippen molar-refractivity contribution < 1.29 is 23.1 Å². The van der Waals surface area contributed by atoms with E-state index in [4.69, 9.17) is 4.74 Å². The number of amides is 2. The Morgan fingerprint density at radius 2 is 1.67 bits per heavy atom. The van der Waals surface area contributed by atoms with E-state index in [9.17, 15) is 18.4 Å². The first-order chi connectivity index (χ1) is 17.5. The maximum Gasteiger partial charge on any atom is 0.323 e. The molecule has 1 aliphatic rings. The SMILES string of the molecule is O=C(Nc1cccc(F)c1)Nc1ccc(C(=O)c2ccc3ncc(N4CCOCC4)nc3c2)c(F)c1. The van der Waals surface area contributed by atoms with Gasteiger partial charge in [0, 0.05) is 30.0 Å². The smallest absolute Gasteiger partial charge is 0.323 e. The zero-order valence-corrected chi connectivity index (χ0v) is 19.0. The molecular weight excluding hydrogens is 468 g/mol. The Labute approximate surface area is 204 Å². The van der Waals surface area contributed by atoms with Crippen LogP contribution in [-0.4, -0.2) is 48.1 Å². The molecule has 2 N–H and O–H groups in total. The van der Waals surface area contributed by atoms with E-state index in [1.165, 1.54) is 30.3 Å². The lowest BCUT2D eigenvalue weighted by atomic mass is 10.0. The largest absolute Gasteiger partial charge is 0.378 e. The molecule has 0 saturated carbocycles. The third-order valence-electron chi connectivity index (χ3n) is 5.68. The van der Waals surface area contributed by atoms with Crippen LogP contribution >= 0.6 is 0 Å². The summed E-state index contributed by atoms with van der Waals surface area (Å²) in [7, 11) is 0. The summed E-state index contributed by atoms with van der Waals surface area (Å²) in [6.07, 6.45) is 1.69. The van der Waals surface area contributed by atoms with Gasteiger partial charge in [0.15, 0.2) is 5.78 Å². The van der Waals surface area contributed by atoms with E-state index >= 15 is 0 Å². The van der Waals surface area contributed by atoms with Crippen LogP contribution in [0.3, 0.4) is 0 Å². The number of ether oxygens (including phenoxy) is 1. The highest BCUT2D eigenvalue weighted by molar-refractivity contribution is 6.10. The van der Waals surface area contributed by atoms with E-state index < -0.39 is 23.4 Å². The molecule has 0 aliphatic carbocycles. The lowest BCUT2D eigenvalue weighted by molar-refractivity contribution is 0.103. The van der Waals surface area contributed by atoms with Crippen molar-refractivity contribution >= 4 is 40.0 Å². The molecule has 0 radical (unpaired) electrons. The second-order valence-electron chi connectivity index (χ2n) is 8.14. The van der Waals surface area contributed by atoms with Crippen molar-refractivity contribution in [2.75, 3.05) is 41.8 Å². The van der Waals surface area contributed by atoms with Crippen LogP contribution in [0.2, 0.25) is 0 Å². The Bertz CT molecular complexity index is 1460. The van der Waals surface area contributed by atoms with E-state index in [-0.39, 0.29) is 22.5 Å². The standard InChI is InChI=1S/C26H21F2N5O3/c27-17-2-1-3-18(13-17)30-26(35)31-19-5-6-20(21(28)14-19)25(34)16-4-7-22-23(12-16)32-24(15-29-22)33-8-10-36-11-9-33/h1-7,12-15H,8-11H2,(H2,30,31,35). The van der Waals surface area contributed by atoms with Crippen molar-refractivity contribution in [1.82, 2.24) is 9.97 Å². The van der Waals surface area contributed by atoms with E-state index in [0.717, 1.165) is 12.1 Å². The summed E-state index contributed by atoms with van der Waals surface area (Å²) >= 11 is 0. The van der Waals surface area contributed by atoms with E-state index in [1.54, 1.807) is 24.4 Å². The maximum absolute atomic E-state index is 14.8. The van der Waals surface area contributed by atoms with Crippen LogP contribution in [0, 0.1) is 11.6 Å². The van der Waals surface area contributed by atoms with Gasteiger partial charge in [-0.15, -0.1) is 0 Å². The number of benzene rings is 3. The van der Waals surface area contributed by atoms with Gasteiger partial charge < -0.3 is 20.3 Å². The molecule has 36 heavy (non-hydrogen) atoms. The van der Waals surface area contributed by atoms with E-state index in [0.29, 0.717) is 43.2 Å². The lowest BCUT2D eigenvalue weighted by Crippen LogP contribution is -2.36. The fourth-order valence-corrected chi connectivity index (χ4v) is 3.88. The Morgan fingerprint density at radius 3 is 2.42 bits per heavy atom. The van der Waals surface area contributed by atoms with Gasteiger partial charge in [0.25, 0.3) is 0 Å². The van der Waals surface area contributed by atoms with Crippen molar-refractivity contribution in [2.24, 2.45) is 0 Å². The third kappa shape index (κ3) is 5.13.